The first-order valence-electron chi connectivity index (χ1n) is 6.95. The van der Waals surface area contributed by atoms with Crippen molar-refractivity contribution in [1.29, 1.82) is 0 Å². The highest BCUT2D eigenvalue weighted by molar-refractivity contribution is 7.16. The van der Waals surface area contributed by atoms with Crippen molar-refractivity contribution in [3.63, 3.8) is 0 Å². The third-order valence-corrected chi connectivity index (χ3v) is 4.23. The molecule has 1 aromatic heterocycles. The van der Waals surface area contributed by atoms with Gasteiger partial charge in [-0.25, -0.2) is 4.79 Å². The maximum atomic E-state index is 12.3. The van der Waals surface area contributed by atoms with Crippen molar-refractivity contribution in [1.82, 2.24) is 0 Å². The molecule has 23 heavy (non-hydrogen) atoms. The number of rotatable bonds is 5. The number of hydrogen-bond donors (Lipinski definition) is 3. The van der Waals surface area contributed by atoms with Crippen LogP contribution in [-0.4, -0.2) is 22.9 Å². The summed E-state index contributed by atoms with van der Waals surface area (Å²) < 4.78 is 0. The number of benzene rings is 1. The maximum absolute atomic E-state index is 12.3. The van der Waals surface area contributed by atoms with E-state index in [9.17, 15) is 19.5 Å². The van der Waals surface area contributed by atoms with Crippen molar-refractivity contribution >= 4 is 39.8 Å². The number of carboxylic acids is 1. The molecule has 0 aliphatic rings. The van der Waals surface area contributed by atoms with Crippen LogP contribution in [0.15, 0.2) is 30.3 Å². The summed E-state index contributed by atoms with van der Waals surface area (Å²) in [6.45, 7) is 3.30. The number of nitrogens with one attached hydrogen (secondary N) is 2. The molecule has 1 aromatic carbocycles. The molecule has 0 saturated carbocycles. The molecule has 120 valence electrons. The Morgan fingerprint density at radius 2 is 1.91 bits per heavy atom. The molecule has 7 heteroatoms. The molecular formula is C16H16N2O4S. The molecule has 0 saturated heterocycles. The molecule has 0 bridgehead atoms. The fraction of sp³-hybridized carbons (Fsp3) is 0.188. The van der Waals surface area contributed by atoms with Gasteiger partial charge in [0.15, 0.2) is 0 Å². The molecule has 0 spiro atoms. The Morgan fingerprint density at radius 1 is 1.17 bits per heavy atom. The topological polar surface area (TPSA) is 95.5 Å². The lowest BCUT2D eigenvalue weighted by Crippen LogP contribution is -2.14. The van der Waals surface area contributed by atoms with E-state index in [1.54, 1.807) is 24.3 Å². The number of amides is 2. The molecule has 0 atom stereocenters. The number of thiophene rings is 1. The fourth-order valence-corrected chi connectivity index (χ4v) is 2.97. The molecular weight excluding hydrogens is 316 g/mol. The van der Waals surface area contributed by atoms with Gasteiger partial charge in [-0.05, 0) is 30.7 Å². The summed E-state index contributed by atoms with van der Waals surface area (Å²) >= 11 is 1.24. The van der Waals surface area contributed by atoms with E-state index in [1.165, 1.54) is 24.3 Å². The summed E-state index contributed by atoms with van der Waals surface area (Å²) in [6, 6.07) is 8.00. The third kappa shape index (κ3) is 4.17. The van der Waals surface area contributed by atoms with Crippen molar-refractivity contribution in [2.45, 2.75) is 20.3 Å². The normalized spacial score (nSPS) is 10.2. The van der Waals surface area contributed by atoms with Crippen LogP contribution in [0.1, 0.15) is 39.4 Å². The fourth-order valence-electron chi connectivity index (χ4n) is 1.98. The third-order valence-electron chi connectivity index (χ3n) is 3.03. The van der Waals surface area contributed by atoms with E-state index in [-0.39, 0.29) is 11.5 Å². The van der Waals surface area contributed by atoms with Crippen molar-refractivity contribution in [2.75, 3.05) is 10.6 Å². The van der Waals surface area contributed by atoms with Crippen LogP contribution in [0.3, 0.4) is 0 Å². The van der Waals surface area contributed by atoms with Gasteiger partial charge in [0.2, 0.25) is 5.91 Å². The monoisotopic (exact) mass is 332 g/mol. The number of hydrogen-bond acceptors (Lipinski definition) is 4. The zero-order chi connectivity index (χ0) is 17.0. The van der Waals surface area contributed by atoms with Crippen LogP contribution < -0.4 is 10.6 Å². The van der Waals surface area contributed by atoms with Gasteiger partial charge in [0.05, 0.1) is 5.56 Å². The number of aryl methyl sites for hydroxylation is 1. The molecule has 1 heterocycles. The second kappa shape index (κ2) is 7.06. The smallest absolute Gasteiger partial charge is 0.338 e. The molecule has 3 N–H and O–H groups in total. The molecule has 6 nitrogen and oxygen atoms in total. The lowest BCUT2D eigenvalue weighted by Gasteiger charge is -2.07. The predicted molar refractivity (Wildman–Crippen MR) is 89.4 cm³/mol. The average Bonchev–Trinajstić information content (AvgIpc) is 2.90. The van der Waals surface area contributed by atoms with Gasteiger partial charge in [-0.2, -0.15) is 0 Å². The molecule has 0 aliphatic carbocycles. The Bertz CT molecular complexity index is 767. The minimum Gasteiger partial charge on any atom is -0.478 e. The van der Waals surface area contributed by atoms with Gasteiger partial charge in [-0.1, -0.05) is 13.0 Å². The Kier molecular flexibility index (Phi) is 5.13. The largest absolute Gasteiger partial charge is 0.478 e. The van der Waals surface area contributed by atoms with Gasteiger partial charge >= 0.3 is 5.97 Å². The van der Waals surface area contributed by atoms with E-state index in [2.05, 4.69) is 10.6 Å². The Balaban J connectivity index is 2.24. The second-order valence-corrected chi connectivity index (χ2v) is 5.97. The number of aromatic carboxylic acids is 1. The number of anilines is 2. The van der Waals surface area contributed by atoms with E-state index in [1.807, 2.05) is 6.92 Å². The standard InChI is InChI=1S/C16H16N2O4S/c1-3-12-8-13(16(21)22)15(23-12)18-14(20)10-5-4-6-11(7-10)17-9(2)19/h4-8H,3H2,1-2H3,(H,17,19)(H,18,20)(H,21,22). The average molecular weight is 332 g/mol. The number of carboxylic acid groups (broad SMARTS) is 1. The minimum absolute atomic E-state index is 0.0817. The number of carbonyl (C=O) groups excluding carboxylic acids is 2. The van der Waals surface area contributed by atoms with E-state index in [4.69, 9.17) is 0 Å². The number of carbonyl (C=O) groups is 3. The molecule has 2 amide bonds. The van der Waals surface area contributed by atoms with Gasteiger partial charge in [0.25, 0.3) is 5.91 Å². The predicted octanol–water partition coefficient (Wildman–Crippen LogP) is 3.22. The van der Waals surface area contributed by atoms with Gasteiger partial charge in [-0.15, -0.1) is 11.3 Å². The van der Waals surface area contributed by atoms with Crippen LogP contribution in [0.5, 0.6) is 0 Å². The van der Waals surface area contributed by atoms with Crippen LogP contribution in [-0.2, 0) is 11.2 Å². The van der Waals surface area contributed by atoms with Gasteiger partial charge < -0.3 is 15.7 Å². The van der Waals surface area contributed by atoms with Gasteiger partial charge in [0.1, 0.15) is 5.00 Å². The lowest BCUT2D eigenvalue weighted by molar-refractivity contribution is -0.114. The quantitative estimate of drug-likeness (QED) is 0.783. The zero-order valence-electron chi connectivity index (χ0n) is 12.7. The SMILES string of the molecule is CCc1cc(C(=O)O)c(NC(=O)c2cccc(NC(C)=O)c2)s1. The first kappa shape index (κ1) is 16.7. The molecule has 0 unspecified atom stereocenters. The molecule has 0 fully saturated rings. The molecule has 0 radical (unpaired) electrons. The highest BCUT2D eigenvalue weighted by Gasteiger charge is 2.17. The first-order chi connectivity index (χ1) is 10.9. The van der Waals surface area contributed by atoms with Crippen LogP contribution in [0.2, 0.25) is 0 Å². The summed E-state index contributed by atoms with van der Waals surface area (Å²) in [7, 11) is 0. The summed E-state index contributed by atoms with van der Waals surface area (Å²) in [5.41, 5.74) is 0.918. The Labute approximate surface area is 137 Å². The Hall–Kier alpha value is -2.67. The maximum Gasteiger partial charge on any atom is 0.338 e. The lowest BCUT2D eigenvalue weighted by atomic mass is 10.2. The molecule has 2 rings (SSSR count). The van der Waals surface area contributed by atoms with Crippen LogP contribution in [0.25, 0.3) is 0 Å². The highest BCUT2D eigenvalue weighted by atomic mass is 32.1. The molecule has 2 aromatic rings. The van der Waals surface area contributed by atoms with Gasteiger partial charge in [0, 0.05) is 23.1 Å². The van der Waals surface area contributed by atoms with Crippen LogP contribution in [0.4, 0.5) is 10.7 Å². The highest BCUT2D eigenvalue weighted by Crippen LogP contribution is 2.29. The zero-order valence-corrected chi connectivity index (χ0v) is 13.5. The Morgan fingerprint density at radius 3 is 2.52 bits per heavy atom. The molecule has 0 aliphatic heterocycles. The van der Waals surface area contributed by atoms with Crippen LogP contribution >= 0.6 is 11.3 Å². The summed E-state index contributed by atoms with van der Waals surface area (Å²) in [6.07, 6.45) is 0.693. The van der Waals surface area contributed by atoms with Gasteiger partial charge in [-0.3, -0.25) is 9.59 Å². The minimum atomic E-state index is -1.08. The van der Waals surface area contributed by atoms with E-state index in [0.717, 1.165) is 4.88 Å². The second-order valence-electron chi connectivity index (χ2n) is 4.83. The van der Waals surface area contributed by atoms with Crippen molar-refractivity contribution in [3.8, 4) is 0 Å². The van der Waals surface area contributed by atoms with Crippen molar-refractivity contribution in [3.05, 3.63) is 46.3 Å². The summed E-state index contributed by atoms with van der Waals surface area (Å²) in [5.74, 6) is -1.74. The van der Waals surface area contributed by atoms with E-state index < -0.39 is 11.9 Å². The first-order valence-corrected chi connectivity index (χ1v) is 7.77. The van der Waals surface area contributed by atoms with E-state index >= 15 is 0 Å². The summed E-state index contributed by atoms with van der Waals surface area (Å²) in [4.78, 5) is 35.5. The van der Waals surface area contributed by atoms with Crippen molar-refractivity contribution in [2.24, 2.45) is 0 Å². The van der Waals surface area contributed by atoms with Crippen LogP contribution in [0, 0.1) is 0 Å². The van der Waals surface area contributed by atoms with E-state index in [0.29, 0.717) is 22.7 Å². The summed E-state index contributed by atoms with van der Waals surface area (Å²) in [5, 5.41) is 14.7. The van der Waals surface area contributed by atoms with Crippen molar-refractivity contribution < 1.29 is 19.5 Å².